The smallest absolute Gasteiger partial charge is 0.407 e. The normalized spacial score (nSPS) is 29.7. The van der Waals surface area contributed by atoms with Crippen LogP contribution in [0.15, 0.2) is 0 Å². The van der Waals surface area contributed by atoms with Crippen LogP contribution >= 0.6 is 0 Å². The molecule has 2 bridgehead atoms. The SMILES string of the molecule is CN(C)C(=O)CCNC1C[C@H]2CC[C@@H]1N2C(=O)O. The third kappa shape index (κ3) is 2.43. The number of amides is 2. The van der Waals surface area contributed by atoms with Crippen LogP contribution in [0.25, 0.3) is 0 Å². The van der Waals surface area contributed by atoms with Gasteiger partial charge in [0.05, 0.1) is 6.04 Å². The van der Waals surface area contributed by atoms with Gasteiger partial charge in [0.2, 0.25) is 5.91 Å². The molecule has 0 aromatic carbocycles. The maximum absolute atomic E-state index is 11.4. The van der Waals surface area contributed by atoms with Crippen molar-refractivity contribution in [3.8, 4) is 0 Å². The molecular formula is C12H21N3O3. The maximum atomic E-state index is 11.4. The summed E-state index contributed by atoms with van der Waals surface area (Å²) in [5.74, 6) is 0.0979. The maximum Gasteiger partial charge on any atom is 0.407 e. The third-order valence-electron chi connectivity index (χ3n) is 4.00. The van der Waals surface area contributed by atoms with Gasteiger partial charge in [-0.2, -0.15) is 0 Å². The number of rotatable bonds is 4. The van der Waals surface area contributed by atoms with Crippen LogP contribution < -0.4 is 5.32 Å². The highest BCUT2D eigenvalue weighted by Gasteiger charge is 2.48. The fourth-order valence-electron chi connectivity index (χ4n) is 3.09. The summed E-state index contributed by atoms with van der Waals surface area (Å²) in [4.78, 5) is 25.7. The lowest BCUT2D eigenvalue weighted by molar-refractivity contribution is -0.128. The van der Waals surface area contributed by atoms with Crippen LogP contribution in [0, 0.1) is 0 Å². The summed E-state index contributed by atoms with van der Waals surface area (Å²) in [5, 5.41) is 12.5. The first-order chi connectivity index (χ1) is 8.50. The Balaban J connectivity index is 1.79. The fraction of sp³-hybridized carbons (Fsp3) is 0.833. The van der Waals surface area contributed by atoms with Crippen LogP contribution in [-0.2, 0) is 4.79 Å². The van der Waals surface area contributed by atoms with Crippen LogP contribution in [0.5, 0.6) is 0 Å². The molecule has 6 nitrogen and oxygen atoms in total. The number of carboxylic acid groups (broad SMARTS) is 1. The van der Waals surface area contributed by atoms with Gasteiger partial charge in [-0.3, -0.25) is 4.79 Å². The Morgan fingerprint density at radius 2 is 2.11 bits per heavy atom. The van der Waals surface area contributed by atoms with Crippen molar-refractivity contribution in [1.29, 1.82) is 0 Å². The molecule has 2 aliphatic heterocycles. The molecule has 0 radical (unpaired) electrons. The van der Waals surface area contributed by atoms with Gasteiger partial charge in [0.15, 0.2) is 0 Å². The molecule has 2 amide bonds. The Hall–Kier alpha value is -1.30. The molecule has 0 aromatic heterocycles. The minimum Gasteiger partial charge on any atom is -0.465 e. The van der Waals surface area contributed by atoms with Gasteiger partial charge in [0.1, 0.15) is 0 Å². The molecule has 0 saturated carbocycles. The predicted molar refractivity (Wildman–Crippen MR) is 66.4 cm³/mol. The lowest BCUT2D eigenvalue weighted by Gasteiger charge is -2.23. The van der Waals surface area contributed by atoms with Gasteiger partial charge in [-0.15, -0.1) is 0 Å². The van der Waals surface area contributed by atoms with E-state index in [1.807, 2.05) is 0 Å². The molecule has 0 aromatic rings. The first kappa shape index (κ1) is 13.1. The molecule has 2 aliphatic rings. The minimum atomic E-state index is -0.809. The molecule has 2 N–H and O–H groups in total. The van der Waals surface area contributed by atoms with Crippen molar-refractivity contribution in [2.24, 2.45) is 0 Å². The van der Waals surface area contributed by atoms with E-state index in [-0.39, 0.29) is 24.0 Å². The second kappa shape index (κ2) is 5.14. The zero-order valence-electron chi connectivity index (χ0n) is 10.9. The first-order valence-electron chi connectivity index (χ1n) is 6.45. The molecule has 0 aliphatic carbocycles. The molecule has 18 heavy (non-hydrogen) atoms. The Bertz CT molecular complexity index is 345. The molecule has 2 saturated heterocycles. The van der Waals surface area contributed by atoms with Crippen LogP contribution in [0.4, 0.5) is 4.79 Å². The monoisotopic (exact) mass is 255 g/mol. The Labute approximate surface area is 107 Å². The largest absolute Gasteiger partial charge is 0.465 e. The van der Waals surface area contributed by atoms with Gasteiger partial charge >= 0.3 is 6.09 Å². The molecule has 2 heterocycles. The summed E-state index contributed by atoms with van der Waals surface area (Å²) in [6.07, 6.45) is 2.46. The van der Waals surface area contributed by atoms with E-state index in [2.05, 4.69) is 5.32 Å². The molecule has 2 fully saturated rings. The highest BCUT2D eigenvalue weighted by Crippen LogP contribution is 2.37. The topological polar surface area (TPSA) is 72.9 Å². The second-order valence-corrected chi connectivity index (χ2v) is 5.32. The van der Waals surface area contributed by atoms with Gasteiger partial charge in [-0.25, -0.2) is 4.79 Å². The molecule has 102 valence electrons. The van der Waals surface area contributed by atoms with E-state index in [9.17, 15) is 9.59 Å². The van der Waals surface area contributed by atoms with E-state index >= 15 is 0 Å². The summed E-state index contributed by atoms with van der Waals surface area (Å²) < 4.78 is 0. The van der Waals surface area contributed by atoms with E-state index < -0.39 is 6.09 Å². The van der Waals surface area contributed by atoms with Crippen LogP contribution in [0.2, 0.25) is 0 Å². The van der Waals surface area contributed by atoms with Gasteiger partial charge in [-0.1, -0.05) is 0 Å². The van der Waals surface area contributed by atoms with E-state index in [0.29, 0.717) is 13.0 Å². The number of nitrogens with one attached hydrogen (secondary N) is 1. The average Bonchev–Trinajstić information content (AvgIpc) is 2.85. The first-order valence-corrected chi connectivity index (χ1v) is 6.45. The quantitative estimate of drug-likeness (QED) is 0.759. The fourth-order valence-corrected chi connectivity index (χ4v) is 3.09. The van der Waals surface area contributed by atoms with Crippen molar-refractivity contribution in [3.63, 3.8) is 0 Å². The molecule has 1 unspecified atom stereocenters. The Morgan fingerprint density at radius 3 is 2.67 bits per heavy atom. The second-order valence-electron chi connectivity index (χ2n) is 5.32. The number of carbonyl (C=O) groups is 2. The lowest BCUT2D eigenvalue weighted by Crippen LogP contribution is -2.43. The van der Waals surface area contributed by atoms with E-state index in [0.717, 1.165) is 19.3 Å². The van der Waals surface area contributed by atoms with Crippen LogP contribution in [0.3, 0.4) is 0 Å². The molecular weight excluding hydrogens is 234 g/mol. The number of hydrogen-bond donors (Lipinski definition) is 2. The number of nitrogens with zero attached hydrogens (tertiary/aromatic N) is 2. The molecule has 2 rings (SSSR count). The van der Waals surface area contributed by atoms with Crippen molar-refractivity contribution >= 4 is 12.0 Å². The van der Waals surface area contributed by atoms with Crippen molar-refractivity contribution in [2.75, 3.05) is 20.6 Å². The predicted octanol–water partition coefficient (Wildman–Crippen LogP) is 0.338. The van der Waals surface area contributed by atoms with Gasteiger partial charge in [0, 0.05) is 39.1 Å². The minimum absolute atomic E-state index is 0.0979. The van der Waals surface area contributed by atoms with Gasteiger partial charge < -0.3 is 20.2 Å². The van der Waals surface area contributed by atoms with Crippen molar-refractivity contribution < 1.29 is 14.7 Å². The average molecular weight is 255 g/mol. The van der Waals surface area contributed by atoms with Crippen LogP contribution in [-0.4, -0.2) is 65.7 Å². The highest BCUT2D eigenvalue weighted by molar-refractivity contribution is 5.75. The van der Waals surface area contributed by atoms with E-state index in [4.69, 9.17) is 5.11 Å². The van der Waals surface area contributed by atoms with Gasteiger partial charge in [-0.05, 0) is 19.3 Å². The summed E-state index contributed by atoms with van der Waals surface area (Å²) in [6.45, 7) is 0.623. The number of fused-ring (bicyclic) bond motifs is 2. The zero-order chi connectivity index (χ0) is 13.3. The lowest BCUT2D eigenvalue weighted by atomic mass is 9.95. The summed E-state index contributed by atoms with van der Waals surface area (Å²) >= 11 is 0. The van der Waals surface area contributed by atoms with Crippen molar-refractivity contribution in [2.45, 2.75) is 43.8 Å². The van der Waals surface area contributed by atoms with Crippen LogP contribution in [0.1, 0.15) is 25.7 Å². The molecule has 6 heteroatoms. The standard InChI is InChI=1S/C12H21N3O3/c1-14(2)11(16)5-6-13-9-7-8-3-4-10(9)15(8)12(17)18/h8-10,13H,3-7H2,1-2H3,(H,17,18)/t8-,9?,10+/m1/s1. The number of carbonyl (C=O) groups excluding carboxylic acids is 1. The van der Waals surface area contributed by atoms with Crippen molar-refractivity contribution in [3.05, 3.63) is 0 Å². The molecule has 0 spiro atoms. The Kier molecular flexibility index (Phi) is 3.75. The summed E-state index contributed by atoms with van der Waals surface area (Å²) in [5.41, 5.74) is 0. The van der Waals surface area contributed by atoms with Gasteiger partial charge in [0.25, 0.3) is 0 Å². The van der Waals surface area contributed by atoms with E-state index in [1.165, 1.54) is 0 Å². The highest BCUT2D eigenvalue weighted by atomic mass is 16.4. The summed E-state index contributed by atoms with van der Waals surface area (Å²) in [7, 11) is 3.48. The van der Waals surface area contributed by atoms with Crippen molar-refractivity contribution in [1.82, 2.24) is 15.1 Å². The number of hydrogen-bond acceptors (Lipinski definition) is 3. The Morgan fingerprint density at radius 1 is 1.39 bits per heavy atom. The van der Waals surface area contributed by atoms with E-state index in [1.54, 1.807) is 23.9 Å². The molecule has 3 atom stereocenters. The zero-order valence-corrected chi connectivity index (χ0v) is 10.9. The summed E-state index contributed by atoms with van der Waals surface area (Å²) in [6, 6.07) is 0.492. The third-order valence-corrected chi connectivity index (χ3v) is 4.00.